The average Bonchev–Trinajstić information content (AvgIpc) is 3.25. The lowest BCUT2D eigenvalue weighted by atomic mass is 10.1. The maximum Gasteiger partial charge on any atom is 0.270 e. The van der Waals surface area contributed by atoms with E-state index in [1.54, 1.807) is 17.0 Å². The summed E-state index contributed by atoms with van der Waals surface area (Å²) in [5.74, 6) is -0.358. The van der Waals surface area contributed by atoms with Crippen LogP contribution in [0.5, 0.6) is 0 Å². The predicted octanol–water partition coefficient (Wildman–Crippen LogP) is 7.74. The quantitative estimate of drug-likeness (QED) is 0.259. The van der Waals surface area contributed by atoms with E-state index in [-0.39, 0.29) is 11.8 Å². The lowest BCUT2D eigenvalue weighted by Crippen LogP contribution is -2.31. The van der Waals surface area contributed by atoms with Gasteiger partial charge in [-0.15, -0.1) is 0 Å². The molecule has 38 heavy (non-hydrogen) atoms. The molecule has 1 aliphatic rings. The van der Waals surface area contributed by atoms with Crippen LogP contribution in [0.15, 0.2) is 47.7 Å². The Morgan fingerprint density at radius 3 is 1.79 bits per heavy atom. The fraction of sp³-hybridized carbons (Fsp3) is 0.448. The number of halogens is 4. The molecule has 2 N–H and O–H groups in total. The number of hydrogen-bond acceptors (Lipinski definition) is 3. The van der Waals surface area contributed by atoms with Crippen LogP contribution in [-0.2, 0) is 22.4 Å². The predicted molar refractivity (Wildman–Crippen MR) is 163 cm³/mol. The van der Waals surface area contributed by atoms with Gasteiger partial charge in [0.2, 0.25) is 0 Å². The lowest BCUT2D eigenvalue weighted by molar-refractivity contribution is -0.125. The van der Waals surface area contributed by atoms with E-state index < -0.39 is 0 Å². The fourth-order valence-electron chi connectivity index (χ4n) is 3.75. The minimum atomic E-state index is -0.217. The Hall–Kier alpha value is -1.92. The Balaban J connectivity index is 0.00000172. The number of nitrogens with zero attached hydrogens (tertiary/aromatic N) is 1. The van der Waals surface area contributed by atoms with E-state index in [2.05, 4.69) is 10.6 Å². The van der Waals surface area contributed by atoms with E-state index in [0.717, 1.165) is 36.8 Å². The Labute approximate surface area is 247 Å². The van der Waals surface area contributed by atoms with Crippen LogP contribution < -0.4 is 10.6 Å². The molecule has 0 radical (unpaired) electrons. The lowest BCUT2D eigenvalue weighted by Gasteiger charge is -2.13. The van der Waals surface area contributed by atoms with Crippen LogP contribution in [-0.4, -0.2) is 42.9 Å². The highest BCUT2D eigenvalue weighted by molar-refractivity contribution is 6.42. The second-order valence-corrected chi connectivity index (χ2v) is 9.69. The summed E-state index contributed by atoms with van der Waals surface area (Å²) in [6, 6.07) is 11.1. The number of nitrogens with one attached hydrogen (secondary N) is 2. The van der Waals surface area contributed by atoms with Crippen LogP contribution in [0.2, 0.25) is 20.1 Å². The summed E-state index contributed by atoms with van der Waals surface area (Å²) in [5.41, 5.74) is 2.99. The molecule has 0 fully saturated rings. The minimum Gasteiger partial charge on any atom is -0.380 e. The van der Waals surface area contributed by atoms with E-state index in [1.165, 1.54) is 0 Å². The number of carbonyl (C=O) groups is 2. The summed E-state index contributed by atoms with van der Waals surface area (Å²) in [5, 5.41) is 8.23. The van der Waals surface area contributed by atoms with Gasteiger partial charge < -0.3 is 15.5 Å². The third-order valence-electron chi connectivity index (χ3n) is 5.65. The molecule has 0 aliphatic carbocycles. The maximum atomic E-state index is 12.8. The summed E-state index contributed by atoms with van der Waals surface area (Å²) in [7, 11) is 0. The van der Waals surface area contributed by atoms with Crippen LogP contribution in [0.25, 0.3) is 0 Å². The zero-order valence-electron chi connectivity index (χ0n) is 22.9. The molecule has 5 nitrogen and oxygen atoms in total. The van der Waals surface area contributed by atoms with Crippen molar-refractivity contribution in [3.63, 3.8) is 0 Å². The standard InChI is InChI=1S/C25H27Cl4N3O2.2C2H6/c1-2-32-15-18(24(33)31-12-4-6-17-8-10-20(27)22(29)14-17)23(25(32)34)30-11-3-5-16-7-9-19(26)21(28)13-16;2*1-2/h7-10,13-14,30H,2-6,11-12,15H2,1H3,(H,31,33);2*1-2H3. The smallest absolute Gasteiger partial charge is 0.270 e. The van der Waals surface area contributed by atoms with E-state index in [1.807, 2.05) is 58.9 Å². The van der Waals surface area contributed by atoms with Crippen LogP contribution in [0.4, 0.5) is 0 Å². The molecule has 0 bridgehead atoms. The first-order valence-electron chi connectivity index (χ1n) is 13.2. The van der Waals surface area contributed by atoms with Gasteiger partial charge in [0.25, 0.3) is 11.8 Å². The van der Waals surface area contributed by atoms with Gasteiger partial charge in [0.05, 0.1) is 32.2 Å². The molecule has 2 aromatic rings. The van der Waals surface area contributed by atoms with E-state index >= 15 is 0 Å². The molecule has 2 aromatic carbocycles. The Morgan fingerprint density at radius 2 is 1.32 bits per heavy atom. The molecule has 1 aliphatic heterocycles. The van der Waals surface area contributed by atoms with Crippen LogP contribution >= 0.6 is 46.4 Å². The Morgan fingerprint density at radius 1 is 0.816 bits per heavy atom. The van der Waals surface area contributed by atoms with Crippen LogP contribution in [0.3, 0.4) is 0 Å². The second-order valence-electron chi connectivity index (χ2n) is 8.06. The first kappa shape index (κ1) is 34.1. The van der Waals surface area contributed by atoms with Gasteiger partial charge in [-0.05, 0) is 68.0 Å². The highest BCUT2D eigenvalue weighted by Gasteiger charge is 2.32. The number of likely N-dealkylation sites (N-methyl/N-ethyl adjacent to an activating group) is 1. The SMILES string of the molecule is CC.CC.CCN1CC(C(=O)NCCCc2ccc(Cl)c(Cl)c2)=C(NCCCc2ccc(Cl)c(Cl)c2)C1=O. The van der Waals surface area contributed by atoms with Crippen molar-refractivity contribution in [3.05, 3.63) is 78.9 Å². The van der Waals surface area contributed by atoms with Gasteiger partial charge >= 0.3 is 0 Å². The summed E-state index contributed by atoms with van der Waals surface area (Å²) < 4.78 is 0. The van der Waals surface area contributed by atoms with Gasteiger partial charge in [-0.1, -0.05) is 86.2 Å². The maximum absolute atomic E-state index is 12.8. The zero-order valence-corrected chi connectivity index (χ0v) is 25.9. The van der Waals surface area contributed by atoms with Crippen molar-refractivity contribution in [3.8, 4) is 0 Å². The monoisotopic (exact) mass is 601 g/mol. The topological polar surface area (TPSA) is 61.4 Å². The molecule has 1 heterocycles. The molecule has 0 aromatic heterocycles. The van der Waals surface area contributed by atoms with Crippen molar-refractivity contribution < 1.29 is 9.59 Å². The van der Waals surface area contributed by atoms with Crippen molar-refractivity contribution in [2.75, 3.05) is 26.2 Å². The Bertz CT molecular complexity index is 1090. The number of benzene rings is 2. The number of hydrogen-bond donors (Lipinski definition) is 2. The number of aryl methyl sites for hydroxylation is 2. The number of carbonyl (C=O) groups excluding carboxylic acids is 2. The molecule has 9 heteroatoms. The highest BCUT2D eigenvalue weighted by Crippen LogP contribution is 2.24. The van der Waals surface area contributed by atoms with Gasteiger partial charge in [-0.25, -0.2) is 0 Å². The molecular weight excluding hydrogens is 564 g/mol. The molecule has 0 atom stereocenters. The van der Waals surface area contributed by atoms with E-state index in [0.29, 0.717) is 57.5 Å². The second kappa shape index (κ2) is 18.4. The van der Waals surface area contributed by atoms with Gasteiger partial charge in [-0.3, -0.25) is 9.59 Å². The van der Waals surface area contributed by atoms with Crippen molar-refractivity contribution in [2.45, 2.75) is 60.3 Å². The van der Waals surface area contributed by atoms with E-state index in [4.69, 9.17) is 46.4 Å². The molecular formula is C29H39Cl4N3O2. The molecule has 210 valence electrons. The average molecular weight is 603 g/mol. The molecule has 2 amide bonds. The van der Waals surface area contributed by atoms with Crippen LogP contribution in [0.1, 0.15) is 58.6 Å². The molecule has 0 unspecified atom stereocenters. The summed E-state index contributed by atoms with van der Waals surface area (Å²) in [6.45, 7) is 11.8. The third-order valence-corrected chi connectivity index (χ3v) is 7.13. The molecule has 0 saturated carbocycles. The first-order chi connectivity index (χ1) is 18.3. The van der Waals surface area contributed by atoms with Gasteiger partial charge in [-0.2, -0.15) is 0 Å². The minimum absolute atomic E-state index is 0.141. The van der Waals surface area contributed by atoms with Crippen molar-refractivity contribution >= 4 is 58.2 Å². The van der Waals surface area contributed by atoms with E-state index in [9.17, 15) is 9.59 Å². The van der Waals surface area contributed by atoms with Gasteiger partial charge in [0, 0.05) is 19.6 Å². The highest BCUT2D eigenvalue weighted by atomic mass is 35.5. The molecule has 0 spiro atoms. The van der Waals surface area contributed by atoms with Gasteiger partial charge in [0.15, 0.2) is 0 Å². The first-order valence-corrected chi connectivity index (χ1v) is 14.7. The molecule has 3 rings (SSSR count). The van der Waals surface area contributed by atoms with Crippen molar-refractivity contribution in [1.29, 1.82) is 0 Å². The largest absolute Gasteiger partial charge is 0.380 e. The van der Waals surface area contributed by atoms with Gasteiger partial charge in [0.1, 0.15) is 5.70 Å². The van der Waals surface area contributed by atoms with Crippen LogP contribution in [0, 0.1) is 0 Å². The Kier molecular flexibility index (Phi) is 16.5. The molecule has 0 saturated heterocycles. The normalized spacial score (nSPS) is 12.4. The summed E-state index contributed by atoms with van der Waals surface area (Å²) in [6.07, 6.45) is 3.06. The summed E-state index contributed by atoms with van der Waals surface area (Å²) in [4.78, 5) is 27.2. The van der Waals surface area contributed by atoms with Crippen molar-refractivity contribution in [2.24, 2.45) is 0 Å². The zero-order chi connectivity index (χ0) is 28.7. The number of amides is 2. The third kappa shape index (κ3) is 10.3. The van der Waals surface area contributed by atoms with Crippen molar-refractivity contribution in [1.82, 2.24) is 15.5 Å². The fourth-order valence-corrected chi connectivity index (χ4v) is 4.39. The number of rotatable bonds is 11. The summed E-state index contributed by atoms with van der Waals surface area (Å²) >= 11 is 24.0.